The Morgan fingerprint density at radius 1 is 0.548 bits per heavy atom. The van der Waals surface area contributed by atoms with E-state index in [0.29, 0.717) is 29.8 Å². The summed E-state index contributed by atoms with van der Waals surface area (Å²) in [5.41, 5.74) is -1.23. The van der Waals surface area contributed by atoms with Crippen molar-refractivity contribution < 1.29 is 18.7 Å². The third-order valence-electron chi connectivity index (χ3n) is 13.2. The molecule has 0 aromatic rings. The van der Waals surface area contributed by atoms with Gasteiger partial charge in [-0.05, 0) is 139 Å². The third-order valence-corrected chi connectivity index (χ3v) is 13.2. The molecule has 42 heavy (non-hydrogen) atoms. The summed E-state index contributed by atoms with van der Waals surface area (Å²) in [6.45, 7) is 6.37. The maximum absolute atomic E-state index is 16.2. The van der Waals surface area contributed by atoms with Crippen LogP contribution < -0.4 is 0 Å². The minimum absolute atomic E-state index is 0.347. The number of hydrogen-bond acceptors (Lipinski definition) is 3. The van der Waals surface area contributed by atoms with Crippen LogP contribution in [0.5, 0.6) is 0 Å². The summed E-state index contributed by atoms with van der Waals surface area (Å²) in [5, 5.41) is 0. The average Bonchev–Trinajstić information content (AvgIpc) is 3.05. The Kier molecular flexibility index (Phi) is 12.3. The summed E-state index contributed by atoms with van der Waals surface area (Å²) < 4.78 is 28.6. The lowest BCUT2D eigenvalue weighted by molar-refractivity contribution is -0.195. The van der Waals surface area contributed by atoms with Crippen LogP contribution in [0.1, 0.15) is 168 Å². The van der Waals surface area contributed by atoms with Crippen LogP contribution in [-0.4, -0.2) is 37.4 Å². The van der Waals surface area contributed by atoms with Crippen molar-refractivity contribution in [1.29, 1.82) is 0 Å². The molecule has 5 aliphatic carbocycles. The van der Waals surface area contributed by atoms with Crippen molar-refractivity contribution in [3.8, 4) is 0 Å². The van der Waals surface area contributed by atoms with Gasteiger partial charge in [0.1, 0.15) is 6.17 Å². The predicted molar refractivity (Wildman–Crippen MR) is 170 cm³/mol. The van der Waals surface area contributed by atoms with Crippen LogP contribution in [0.3, 0.4) is 0 Å². The first-order valence-electron chi connectivity index (χ1n) is 18.9. The van der Waals surface area contributed by atoms with Gasteiger partial charge in [0, 0.05) is 13.2 Å². The first-order chi connectivity index (χ1) is 20.5. The molecule has 0 aromatic carbocycles. The molecule has 0 bridgehead atoms. The monoisotopic (exact) mass is 588 g/mol. The number of alkyl halides is 1. The molecule has 0 saturated heterocycles. The van der Waals surface area contributed by atoms with Gasteiger partial charge in [0.2, 0.25) is 0 Å². The molecular formula is C38H65FO3. The van der Waals surface area contributed by atoms with Gasteiger partial charge in [-0.15, -0.1) is 0 Å². The molecule has 0 aromatic heterocycles. The Bertz CT molecular complexity index is 731. The highest BCUT2D eigenvalue weighted by atomic mass is 19.1. The lowest BCUT2D eigenvalue weighted by Crippen LogP contribution is -2.69. The van der Waals surface area contributed by atoms with E-state index in [1.165, 1.54) is 103 Å². The maximum Gasteiger partial charge on any atom is 0.151 e. The Morgan fingerprint density at radius 2 is 0.905 bits per heavy atom. The highest BCUT2D eigenvalue weighted by Crippen LogP contribution is 2.66. The molecule has 5 rings (SSSR count). The molecule has 2 spiro atoms. The zero-order valence-electron chi connectivity index (χ0n) is 27.5. The molecule has 5 saturated carbocycles. The van der Waals surface area contributed by atoms with E-state index < -0.39 is 17.0 Å². The summed E-state index contributed by atoms with van der Waals surface area (Å²) in [6, 6.07) is 0. The number of carbonyl (C=O) groups is 1. The van der Waals surface area contributed by atoms with E-state index in [1.54, 1.807) is 0 Å². The third kappa shape index (κ3) is 7.32. The molecule has 5 fully saturated rings. The highest BCUT2D eigenvalue weighted by Gasteiger charge is 2.71. The fourth-order valence-electron chi connectivity index (χ4n) is 10.4. The summed E-state index contributed by atoms with van der Waals surface area (Å²) in [4.78, 5) is 13.8. The Balaban J connectivity index is 0.992. The van der Waals surface area contributed by atoms with Crippen molar-refractivity contribution >= 4 is 5.78 Å². The lowest BCUT2D eigenvalue weighted by atomic mass is 9.41. The highest BCUT2D eigenvalue weighted by molar-refractivity contribution is 5.98. The number of carbonyl (C=O) groups excluding carboxylic acids is 1. The quantitative estimate of drug-likeness (QED) is 0.189. The van der Waals surface area contributed by atoms with Crippen molar-refractivity contribution in [2.24, 2.45) is 34.5 Å². The van der Waals surface area contributed by atoms with Gasteiger partial charge in [0.25, 0.3) is 0 Å². The molecule has 242 valence electrons. The van der Waals surface area contributed by atoms with Gasteiger partial charge in [0.05, 0.1) is 23.0 Å². The van der Waals surface area contributed by atoms with E-state index >= 15 is 4.39 Å². The Morgan fingerprint density at radius 3 is 1.24 bits per heavy atom. The maximum atomic E-state index is 16.2. The summed E-state index contributed by atoms with van der Waals surface area (Å²) in [5.74, 6) is 3.27. The molecule has 3 nitrogen and oxygen atoms in total. The molecule has 0 heterocycles. The van der Waals surface area contributed by atoms with Crippen molar-refractivity contribution in [2.75, 3.05) is 13.2 Å². The minimum atomic E-state index is -0.881. The van der Waals surface area contributed by atoms with Crippen molar-refractivity contribution in [2.45, 2.75) is 186 Å². The normalized spacial score (nSPS) is 40.8. The van der Waals surface area contributed by atoms with Gasteiger partial charge in [0.15, 0.2) is 5.78 Å². The molecule has 0 radical (unpaired) electrons. The van der Waals surface area contributed by atoms with Crippen LogP contribution in [0.4, 0.5) is 4.39 Å². The molecule has 0 N–H and O–H groups in total. The summed E-state index contributed by atoms with van der Waals surface area (Å²) in [6.07, 6.45) is 27.6. The topological polar surface area (TPSA) is 35.5 Å². The zero-order chi connectivity index (χ0) is 29.4. The van der Waals surface area contributed by atoms with Crippen LogP contribution in [0, 0.1) is 34.5 Å². The Hall–Kier alpha value is -0.480. The first-order valence-corrected chi connectivity index (χ1v) is 18.9. The van der Waals surface area contributed by atoms with Crippen molar-refractivity contribution in [1.82, 2.24) is 0 Å². The number of hydrogen-bond donors (Lipinski definition) is 0. The lowest BCUT2D eigenvalue weighted by Gasteiger charge is -2.62. The van der Waals surface area contributed by atoms with Crippen LogP contribution >= 0.6 is 0 Å². The number of ether oxygens (including phenoxy) is 2. The fourth-order valence-corrected chi connectivity index (χ4v) is 10.4. The summed E-state index contributed by atoms with van der Waals surface area (Å²) in [7, 11) is 0. The Labute approximate surface area is 258 Å². The first kappa shape index (κ1) is 32.9. The van der Waals surface area contributed by atoms with E-state index in [9.17, 15) is 4.79 Å². The van der Waals surface area contributed by atoms with Crippen LogP contribution in [0.15, 0.2) is 0 Å². The predicted octanol–water partition coefficient (Wildman–Crippen LogP) is 10.6. The van der Waals surface area contributed by atoms with Gasteiger partial charge in [-0.2, -0.15) is 0 Å². The molecule has 0 amide bonds. The van der Waals surface area contributed by atoms with Crippen LogP contribution in [0.2, 0.25) is 0 Å². The summed E-state index contributed by atoms with van der Waals surface area (Å²) >= 11 is 0. The molecule has 4 heteroatoms. The van der Waals surface area contributed by atoms with E-state index in [1.807, 2.05) is 0 Å². The molecule has 0 unspecified atom stereocenters. The molecule has 0 atom stereocenters. The van der Waals surface area contributed by atoms with Gasteiger partial charge >= 0.3 is 0 Å². The van der Waals surface area contributed by atoms with Gasteiger partial charge in [-0.3, -0.25) is 4.79 Å². The fraction of sp³-hybridized carbons (Fsp3) is 0.974. The second-order valence-corrected chi connectivity index (χ2v) is 15.6. The number of rotatable bonds is 14. The molecule has 5 aliphatic rings. The zero-order valence-corrected chi connectivity index (χ0v) is 27.5. The largest absolute Gasteiger partial charge is 0.378 e. The molecule has 0 aliphatic heterocycles. The SMILES string of the molecule is CCCCCCOC1CCC(C2CC[C@]3(CC2)C(=O)[C@@]2(CCC(C4CCC(OCCCCCC)CC4)CC2)[C@H]3F)CC1. The van der Waals surface area contributed by atoms with Gasteiger partial charge in [-0.1, -0.05) is 52.4 Å². The van der Waals surface area contributed by atoms with E-state index in [2.05, 4.69) is 13.8 Å². The van der Waals surface area contributed by atoms with E-state index in [0.717, 1.165) is 76.4 Å². The van der Waals surface area contributed by atoms with Crippen molar-refractivity contribution in [3.63, 3.8) is 0 Å². The number of unbranched alkanes of at least 4 members (excludes halogenated alkanes) is 6. The molecular weight excluding hydrogens is 523 g/mol. The van der Waals surface area contributed by atoms with Crippen LogP contribution in [-0.2, 0) is 14.3 Å². The van der Waals surface area contributed by atoms with E-state index in [-0.39, 0.29) is 0 Å². The second-order valence-electron chi connectivity index (χ2n) is 15.6. The smallest absolute Gasteiger partial charge is 0.151 e. The standard InChI is InChI=1S/C38H65FO3/c1-3-5-7-9-27-41-33-15-11-29(12-16-33)31-19-23-37(24-20-31)35(39)38(36(37)40)25-21-32(22-26-38)30-13-17-34(18-14-30)42-28-10-8-6-4-2/h29-35H,3-28H2,1-2H3/t29?,30?,31?,32?,33?,34?,35?,37-,38-. The van der Waals surface area contributed by atoms with Crippen LogP contribution in [0.25, 0.3) is 0 Å². The van der Waals surface area contributed by atoms with Crippen molar-refractivity contribution in [3.05, 3.63) is 0 Å². The minimum Gasteiger partial charge on any atom is -0.378 e. The van der Waals surface area contributed by atoms with Gasteiger partial charge < -0.3 is 9.47 Å². The van der Waals surface area contributed by atoms with Gasteiger partial charge in [-0.25, -0.2) is 4.39 Å². The van der Waals surface area contributed by atoms with E-state index in [4.69, 9.17) is 9.47 Å². The number of Topliss-reactive ketones (excluding diaryl/α,β-unsaturated/α-hetero) is 1. The average molecular weight is 589 g/mol. The number of halogens is 1. The second kappa shape index (κ2) is 15.7. The number of ketones is 1.